The number of methoxy groups -OCH3 is 1. The number of hydrogen-bond acceptors (Lipinski definition) is 7. The first-order chi connectivity index (χ1) is 21.0. The summed E-state index contributed by atoms with van der Waals surface area (Å²) < 4.78 is 84.7. The number of carbonyl (C=O) groups excluding carboxylic acids is 2. The number of amides is 2. The molecule has 2 atom stereocenters. The molecule has 0 bridgehead atoms. The van der Waals surface area contributed by atoms with Crippen LogP contribution >= 0.6 is 11.6 Å². The molecule has 0 fully saturated rings. The Balaban J connectivity index is 1.63. The molecule has 0 radical (unpaired) electrons. The van der Waals surface area contributed by atoms with Gasteiger partial charge in [-0.2, -0.15) is 13.2 Å². The van der Waals surface area contributed by atoms with E-state index in [1.165, 1.54) is 25.3 Å². The molecule has 4 aromatic rings. The molecule has 2 aromatic carbocycles. The predicted octanol–water partition coefficient (Wildman–Crippen LogP) is 4.86. The highest BCUT2D eigenvalue weighted by Gasteiger charge is 2.60. The lowest BCUT2D eigenvalue weighted by Gasteiger charge is -2.32. The van der Waals surface area contributed by atoms with Gasteiger partial charge < -0.3 is 25.6 Å². The van der Waals surface area contributed by atoms with Crippen molar-refractivity contribution in [2.75, 3.05) is 20.3 Å². The Bertz CT molecular complexity index is 1870. The highest BCUT2D eigenvalue weighted by molar-refractivity contribution is 6.31. The number of rotatable bonds is 7. The second-order valence-corrected chi connectivity index (χ2v) is 11.1. The third-order valence-electron chi connectivity index (χ3n) is 7.67. The quantitative estimate of drug-likeness (QED) is 0.243. The number of fused-ring (bicyclic) bond motifs is 2. The number of alkyl halides is 3. The van der Waals surface area contributed by atoms with E-state index >= 15 is 4.39 Å². The Morgan fingerprint density at radius 1 is 1.16 bits per heavy atom. The lowest BCUT2D eigenvalue weighted by molar-refractivity contribution is -0.266. The van der Waals surface area contributed by atoms with E-state index in [2.05, 4.69) is 9.97 Å². The van der Waals surface area contributed by atoms with Crippen molar-refractivity contribution in [3.63, 3.8) is 0 Å². The van der Waals surface area contributed by atoms with E-state index in [9.17, 15) is 32.3 Å². The van der Waals surface area contributed by atoms with E-state index in [-0.39, 0.29) is 21.9 Å². The SMILES string of the molecule is COc1cc(C(=O)NC[C@](O)(c2nc(-c3ccc(F)cc3)c3c(c2F)[C@@](C)(C(N)=O)CO3)C(F)(F)F)cc2cc(Cl)c(C)nc12. The van der Waals surface area contributed by atoms with Gasteiger partial charge in [-0.25, -0.2) is 18.7 Å². The average Bonchev–Trinajstić information content (AvgIpc) is 3.35. The van der Waals surface area contributed by atoms with Gasteiger partial charge in [-0.3, -0.25) is 9.59 Å². The number of halogens is 6. The molecular weight excluding hydrogens is 627 g/mol. The predicted molar refractivity (Wildman–Crippen MR) is 152 cm³/mol. The van der Waals surface area contributed by atoms with E-state index in [4.69, 9.17) is 26.8 Å². The summed E-state index contributed by atoms with van der Waals surface area (Å²) in [7, 11) is 1.30. The van der Waals surface area contributed by atoms with Crippen LogP contribution in [0.15, 0.2) is 42.5 Å². The zero-order chi connectivity index (χ0) is 33.1. The fourth-order valence-electron chi connectivity index (χ4n) is 4.98. The summed E-state index contributed by atoms with van der Waals surface area (Å²) in [5.41, 5.74) is -2.65. The van der Waals surface area contributed by atoms with Crippen LogP contribution in [0.2, 0.25) is 5.02 Å². The van der Waals surface area contributed by atoms with Gasteiger partial charge in [-0.05, 0) is 56.3 Å². The van der Waals surface area contributed by atoms with Crippen LogP contribution < -0.4 is 20.5 Å². The maximum atomic E-state index is 16.2. The smallest absolute Gasteiger partial charge is 0.424 e. The number of nitrogens with one attached hydrogen (secondary N) is 1. The number of aliphatic hydroxyl groups is 1. The molecule has 1 aliphatic rings. The van der Waals surface area contributed by atoms with Crippen molar-refractivity contribution < 1.29 is 46.1 Å². The minimum Gasteiger partial charge on any atom is -0.494 e. The van der Waals surface area contributed by atoms with E-state index in [1.807, 2.05) is 5.32 Å². The molecular formula is C30H24ClF5N4O5. The summed E-state index contributed by atoms with van der Waals surface area (Å²) in [6, 6.07) is 8.26. The molecule has 4 N–H and O–H groups in total. The number of nitrogens with two attached hydrogens (primary N) is 1. The summed E-state index contributed by atoms with van der Waals surface area (Å²) >= 11 is 6.15. The lowest BCUT2D eigenvalue weighted by Crippen LogP contribution is -2.52. The normalized spacial score (nSPS) is 17.4. The van der Waals surface area contributed by atoms with Crippen LogP contribution in [0.25, 0.3) is 22.2 Å². The third kappa shape index (κ3) is 5.27. The molecule has 15 heteroatoms. The number of primary amides is 1. The minimum atomic E-state index is -5.62. The van der Waals surface area contributed by atoms with Gasteiger partial charge >= 0.3 is 6.18 Å². The number of aromatic nitrogens is 2. The monoisotopic (exact) mass is 650 g/mol. The zero-order valence-corrected chi connectivity index (χ0v) is 24.5. The van der Waals surface area contributed by atoms with Crippen molar-refractivity contribution in [1.29, 1.82) is 0 Å². The van der Waals surface area contributed by atoms with Gasteiger partial charge in [-0.15, -0.1) is 0 Å². The second kappa shape index (κ2) is 11.1. The molecule has 9 nitrogen and oxygen atoms in total. The number of aryl methyl sites for hydroxylation is 1. The van der Waals surface area contributed by atoms with Gasteiger partial charge in [0, 0.05) is 16.5 Å². The summed E-state index contributed by atoms with van der Waals surface area (Å²) in [5.74, 6) is -4.91. The van der Waals surface area contributed by atoms with Gasteiger partial charge in [0.15, 0.2) is 11.6 Å². The molecule has 2 aromatic heterocycles. The number of hydrogen-bond donors (Lipinski definition) is 3. The summed E-state index contributed by atoms with van der Waals surface area (Å²) in [6.07, 6.45) is -5.62. The molecule has 1 aliphatic heterocycles. The largest absolute Gasteiger partial charge is 0.494 e. The molecule has 5 rings (SSSR count). The summed E-state index contributed by atoms with van der Waals surface area (Å²) in [4.78, 5) is 33.7. The number of carbonyl (C=O) groups is 2. The van der Waals surface area contributed by atoms with E-state index in [1.54, 1.807) is 6.92 Å². The number of benzene rings is 2. The Labute approximate surface area is 257 Å². The Kier molecular flexibility index (Phi) is 7.86. The van der Waals surface area contributed by atoms with Crippen LogP contribution in [0.4, 0.5) is 22.0 Å². The lowest BCUT2D eigenvalue weighted by atomic mass is 9.81. The van der Waals surface area contributed by atoms with Crippen LogP contribution in [-0.2, 0) is 15.8 Å². The van der Waals surface area contributed by atoms with Gasteiger partial charge in [0.05, 0.1) is 29.9 Å². The molecule has 2 amide bonds. The third-order valence-corrected chi connectivity index (χ3v) is 8.05. The van der Waals surface area contributed by atoms with Gasteiger partial charge in [0.25, 0.3) is 5.91 Å². The first-order valence-corrected chi connectivity index (χ1v) is 13.5. The van der Waals surface area contributed by atoms with E-state index in [0.29, 0.717) is 16.6 Å². The molecule has 0 saturated heterocycles. The molecule has 0 saturated carbocycles. The van der Waals surface area contributed by atoms with Crippen LogP contribution in [0.1, 0.15) is 34.2 Å². The zero-order valence-electron chi connectivity index (χ0n) is 23.8. The molecule has 3 heterocycles. The molecule has 0 unspecified atom stereocenters. The van der Waals surface area contributed by atoms with Crippen LogP contribution in [0, 0.1) is 18.6 Å². The van der Waals surface area contributed by atoms with Crippen molar-refractivity contribution in [3.8, 4) is 22.8 Å². The summed E-state index contributed by atoms with van der Waals surface area (Å²) in [6.45, 7) is 0.651. The summed E-state index contributed by atoms with van der Waals surface area (Å²) in [5, 5.41) is 13.8. The Hall–Kier alpha value is -4.56. The molecule has 0 aliphatic carbocycles. The van der Waals surface area contributed by atoms with Crippen LogP contribution in [-0.4, -0.2) is 53.3 Å². The molecule has 45 heavy (non-hydrogen) atoms. The molecule has 0 spiro atoms. The maximum Gasteiger partial charge on any atom is 0.424 e. The Morgan fingerprint density at radius 2 is 1.82 bits per heavy atom. The van der Waals surface area contributed by atoms with Crippen LogP contribution in [0.5, 0.6) is 11.5 Å². The van der Waals surface area contributed by atoms with Gasteiger partial charge in [-0.1, -0.05) is 11.6 Å². The van der Waals surface area contributed by atoms with E-state index < -0.39 is 76.5 Å². The highest BCUT2D eigenvalue weighted by Crippen LogP contribution is 2.49. The fourth-order valence-corrected chi connectivity index (χ4v) is 5.14. The Morgan fingerprint density at radius 3 is 2.42 bits per heavy atom. The molecule has 236 valence electrons. The first kappa shape index (κ1) is 31.9. The van der Waals surface area contributed by atoms with E-state index in [0.717, 1.165) is 31.2 Å². The standard InChI is InChI=1S/C30H24ClF5N4O5/c1-13-18(31)9-15-8-16(10-19(44-3)22(15)39-13)26(41)38-11-29(43,30(34,35)36)25-21(33)20-24(45-12-28(20,2)27(37)42)23(40-25)14-4-6-17(32)7-5-14/h4-10,43H,11-12H2,1-3H3,(H2,37,42)(H,38,41)/t28-,29-/m0/s1. The van der Waals surface area contributed by atoms with Gasteiger partial charge in [0.1, 0.15) is 40.5 Å². The fraction of sp³-hybridized carbons (Fsp3) is 0.267. The average molecular weight is 651 g/mol. The van der Waals surface area contributed by atoms with Gasteiger partial charge in [0.2, 0.25) is 11.5 Å². The maximum absolute atomic E-state index is 16.2. The topological polar surface area (TPSA) is 137 Å². The minimum absolute atomic E-state index is 0.0121. The number of nitrogens with zero attached hydrogens (tertiary/aromatic N) is 2. The van der Waals surface area contributed by atoms with Crippen molar-refractivity contribution in [3.05, 3.63) is 81.6 Å². The highest BCUT2D eigenvalue weighted by atomic mass is 35.5. The van der Waals surface area contributed by atoms with Crippen molar-refractivity contribution in [2.45, 2.75) is 31.0 Å². The van der Waals surface area contributed by atoms with Crippen molar-refractivity contribution in [1.82, 2.24) is 15.3 Å². The first-order valence-electron chi connectivity index (χ1n) is 13.2. The second-order valence-electron chi connectivity index (χ2n) is 10.7. The van der Waals surface area contributed by atoms with Crippen LogP contribution in [0.3, 0.4) is 0 Å². The van der Waals surface area contributed by atoms with Crippen molar-refractivity contribution >= 4 is 34.3 Å². The number of ether oxygens (including phenoxy) is 2. The number of pyridine rings is 2. The van der Waals surface area contributed by atoms with Crippen molar-refractivity contribution in [2.24, 2.45) is 5.73 Å².